The first-order valence-corrected chi connectivity index (χ1v) is 6.01. The Morgan fingerprint density at radius 1 is 1.55 bits per heavy atom. The van der Waals surface area contributed by atoms with Crippen LogP contribution in [0, 0.1) is 10.1 Å². The van der Waals surface area contributed by atoms with Crippen molar-refractivity contribution in [2.45, 2.75) is 6.04 Å². The fourth-order valence-electron chi connectivity index (χ4n) is 2.05. The molecule has 2 rings (SSSR count). The number of aliphatic hydroxyl groups is 1. The van der Waals surface area contributed by atoms with E-state index in [9.17, 15) is 25.1 Å². The van der Waals surface area contributed by atoms with E-state index in [0.29, 0.717) is 13.2 Å². The number of benzene rings is 1. The van der Waals surface area contributed by atoms with E-state index in [1.54, 1.807) is 0 Å². The lowest BCUT2D eigenvalue weighted by Crippen LogP contribution is -2.50. The van der Waals surface area contributed by atoms with Gasteiger partial charge in [-0.25, -0.2) is 0 Å². The van der Waals surface area contributed by atoms with Crippen molar-refractivity contribution in [2.24, 2.45) is 0 Å². The first kappa shape index (κ1) is 14.2. The number of nitro benzene ring substituents is 1. The molecule has 108 valence electrons. The zero-order chi connectivity index (χ0) is 14.7. The average molecular weight is 282 g/mol. The van der Waals surface area contributed by atoms with Crippen LogP contribution in [0.1, 0.15) is 10.4 Å². The Morgan fingerprint density at radius 2 is 2.30 bits per heavy atom. The van der Waals surface area contributed by atoms with Crippen molar-refractivity contribution >= 4 is 11.6 Å². The van der Waals surface area contributed by atoms with Crippen LogP contribution in [0.4, 0.5) is 5.69 Å². The number of nitrogens with zero attached hydrogens (tertiary/aromatic N) is 2. The molecule has 1 saturated heterocycles. The van der Waals surface area contributed by atoms with Crippen LogP contribution >= 0.6 is 0 Å². The van der Waals surface area contributed by atoms with Gasteiger partial charge in [0.2, 0.25) is 0 Å². The number of rotatable bonds is 3. The second kappa shape index (κ2) is 5.85. The molecule has 1 heterocycles. The standard InChI is InChI=1S/C12H14N2O6/c15-6-9-7-20-4-3-13(9)12(17)8-1-2-10(14(18)19)11(16)5-8/h1-2,5,9,15-16H,3-4,6-7H2. The highest BCUT2D eigenvalue weighted by molar-refractivity contribution is 5.95. The zero-order valence-corrected chi connectivity index (χ0v) is 10.6. The number of phenolic OH excluding ortho intramolecular Hbond substituents is 1. The summed E-state index contributed by atoms with van der Waals surface area (Å²) in [6.45, 7) is 0.689. The molecule has 0 aromatic heterocycles. The number of amides is 1. The number of carbonyl (C=O) groups is 1. The van der Waals surface area contributed by atoms with Crippen LogP contribution in [0.15, 0.2) is 18.2 Å². The summed E-state index contributed by atoms with van der Waals surface area (Å²) >= 11 is 0. The summed E-state index contributed by atoms with van der Waals surface area (Å²) in [6, 6.07) is 2.97. The summed E-state index contributed by atoms with van der Waals surface area (Å²) in [5.41, 5.74) is -0.323. The van der Waals surface area contributed by atoms with E-state index in [-0.39, 0.29) is 18.8 Å². The molecule has 0 saturated carbocycles. The first-order chi connectivity index (χ1) is 9.54. The predicted octanol–water partition coefficient (Wildman–Crippen LogP) is 0.134. The summed E-state index contributed by atoms with van der Waals surface area (Å²) in [5, 5.41) is 29.4. The van der Waals surface area contributed by atoms with Gasteiger partial charge in [-0.15, -0.1) is 0 Å². The first-order valence-electron chi connectivity index (χ1n) is 6.01. The van der Waals surface area contributed by atoms with Gasteiger partial charge in [-0.3, -0.25) is 14.9 Å². The van der Waals surface area contributed by atoms with Crippen molar-refractivity contribution in [1.29, 1.82) is 0 Å². The molecule has 0 aliphatic carbocycles. The highest BCUT2D eigenvalue weighted by Gasteiger charge is 2.28. The van der Waals surface area contributed by atoms with Gasteiger partial charge in [-0.1, -0.05) is 0 Å². The van der Waals surface area contributed by atoms with Crippen molar-refractivity contribution in [3.63, 3.8) is 0 Å². The largest absolute Gasteiger partial charge is 0.502 e. The molecule has 1 amide bonds. The molecule has 0 bridgehead atoms. The highest BCUT2D eigenvalue weighted by Crippen LogP contribution is 2.27. The fraction of sp³-hybridized carbons (Fsp3) is 0.417. The molecular weight excluding hydrogens is 268 g/mol. The minimum absolute atomic E-state index is 0.133. The molecule has 1 atom stereocenters. The summed E-state index contributed by atoms with van der Waals surface area (Å²) in [4.78, 5) is 23.6. The Hall–Kier alpha value is -2.19. The van der Waals surface area contributed by atoms with Crippen molar-refractivity contribution in [3.05, 3.63) is 33.9 Å². The van der Waals surface area contributed by atoms with E-state index >= 15 is 0 Å². The van der Waals surface area contributed by atoms with Gasteiger partial charge in [0.1, 0.15) is 0 Å². The van der Waals surface area contributed by atoms with Gasteiger partial charge in [0.15, 0.2) is 5.75 Å². The number of hydrogen-bond acceptors (Lipinski definition) is 6. The van der Waals surface area contributed by atoms with E-state index in [2.05, 4.69) is 0 Å². The number of morpholine rings is 1. The van der Waals surface area contributed by atoms with Crippen molar-refractivity contribution < 1.29 is 24.7 Å². The van der Waals surface area contributed by atoms with Gasteiger partial charge < -0.3 is 19.8 Å². The minimum atomic E-state index is -0.727. The summed E-state index contributed by atoms with van der Waals surface area (Å²) in [7, 11) is 0. The smallest absolute Gasteiger partial charge is 0.310 e. The monoisotopic (exact) mass is 282 g/mol. The maximum Gasteiger partial charge on any atom is 0.310 e. The predicted molar refractivity (Wildman–Crippen MR) is 67.5 cm³/mol. The van der Waals surface area contributed by atoms with E-state index < -0.39 is 28.3 Å². The summed E-state index contributed by atoms with van der Waals surface area (Å²) in [5.74, 6) is -0.966. The van der Waals surface area contributed by atoms with Crippen molar-refractivity contribution in [2.75, 3.05) is 26.4 Å². The molecule has 1 aromatic rings. The van der Waals surface area contributed by atoms with Crippen LogP contribution in [0.3, 0.4) is 0 Å². The molecule has 1 aromatic carbocycles. The van der Waals surface area contributed by atoms with Crippen LogP contribution in [0.5, 0.6) is 5.75 Å². The number of hydrogen-bond donors (Lipinski definition) is 2. The molecular formula is C12H14N2O6. The van der Waals surface area contributed by atoms with Crippen LogP contribution in [0.2, 0.25) is 0 Å². The lowest BCUT2D eigenvalue weighted by Gasteiger charge is -2.34. The van der Waals surface area contributed by atoms with Gasteiger partial charge in [-0.2, -0.15) is 0 Å². The van der Waals surface area contributed by atoms with Gasteiger partial charge in [0.05, 0.1) is 30.8 Å². The lowest BCUT2D eigenvalue weighted by atomic mass is 10.1. The third-order valence-corrected chi connectivity index (χ3v) is 3.12. The average Bonchev–Trinajstić information content (AvgIpc) is 2.45. The maximum atomic E-state index is 12.3. The Bertz CT molecular complexity index is 533. The van der Waals surface area contributed by atoms with E-state index in [1.165, 1.54) is 11.0 Å². The molecule has 1 aliphatic heterocycles. The van der Waals surface area contributed by atoms with E-state index in [1.807, 2.05) is 0 Å². The van der Waals surface area contributed by atoms with Crippen LogP contribution in [-0.4, -0.2) is 58.4 Å². The van der Waals surface area contributed by atoms with E-state index in [0.717, 1.165) is 12.1 Å². The Labute approximate surface area is 114 Å². The molecule has 1 aliphatic rings. The van der Waals surface area contributed by atoms with E-state index in [4.69, 9.17) is 4.74 Å². The summed E-state index contributed by atoms with van der Waals surface area (Å²) in [6.07, 6.45) is 0. The van der Waals surface area contributed by atoms with Crippen molar-refractivity contribution in [3.8, 4) is 5.75 Å². The third-order valence-electron chi connectivity index (χ3n) is 3.12. The molecule has 2 N–H and O–H groups in total. The normalized spacial score (nSPS) is 18.9. The topological polar surface area (TPSA) is 113 Å². The minimum Gasteiger partial charge on any atom is -0.502 e. The van der Waals surface area contributed by atoms with Gasteiger partial charge in [0, 0.05) is 18.2 Å². The molecule has 0 spiro atoms. The number of nitro groups is 1. The second-order valence-corrected chi connectivity index (χ2v) is 4.37. The molecule has 0 radical (unpaired) electrons. The highest BCUT2D eigenvalue weighted by atomic mass is 16.6. The molecule has 1 fully saturated rings. The summed E-state index contributed by atoms with van der Waals surface area (Å²) < 4.78 is 5.17. The van der Waals surface area contributed by atoms with Gasteiger partial charge >= 0.3 is 5.69 Å². The van der Waals surface area contributed by atoms with Gasteiger partial charge in [0.25, 0.3) is 5.91 Å². The van der Waals surface area contributed by atoms with Crippen LogP contribution in [-0.2, 0) is 4.74 Å². The number of phenols is 1. The van der Waals surface area contributed by atoms with Crippen LogP contribution in [0.25, 0.3) is 0 Å². The number of aliphatic hydroxyl groups excluding tert-OH is 1. The molecule has 1 unspecified atom stereocenters. The molecule has 8 heteroatoms. The van der Waals surface area contributed by atoms with Crippen molar-refractivity contribution in [1.82, 2.24) is 4.90 Å². The quantitative estimate of drug-likeness (QED) is 0.602. The Balaban J connectivity index is 2.24. The number of aromatic hydroxyl groups is 1. The maximum absolute atomic E-state index is 12.3. The fourth-order valence-corrected chi connectivity index (χ4v) is 2.05. The Morgan fingerprint density at radius 3 is 2.90 bits per heavy atom. The molecule has 20 heavy (non-hydrogen) atoms. The number of carbonyl (C=O) groups excluding carboxylic acids is 1. The Kier molecular flexibility index (Phi) is 4.16. The number of ether oxygens (including phenoxy) is 1. The van der Waals surface area contributed by atoms with Gasteiger partial charge in [-0.05, 0) is 12.1 Å². The second-order valence-electron chi connectivity index (χ2n) is 4.37. The third kappa shape index (κ3) is 2.70. The SMILES string of the molecule is O=C(c1ccc([N+](=O)[O-])c(O)c1)N1CCOCC1CO. The van der Waals surface area contributed by atoms with Crippen LogP contribution < -0.4 is 0 Å². The zero-order valence-electron chi connectivity index (χ0n) is 10.6. The lowest BCUT2D eigenvalue weighted by molar-refractivity contribution is -0.385. The molecule has 8 nitrogen and oxygen atoms in total.